The van der Waals surface area contributed by atoms with E-state index in [4.69, 9.17) is 10.5 Å². The standard InChI is InChI=1S/C17H22N2O/c1-12-4-10-16(13(2)19-12)17(18)11-7-14-5-8-15(20-3)9-6-14/h4-6,8-10,17H,7,11,18H2,1-3H3. The number of benzene rings is 1. The van der Waals surface area contributed by atoms with Crippen LogP contribution in [0.4, 0.5) is 0 Å². The van der Waals surface area contributed by atoms with E-state index in [1.165, 1.54) is 5.56 Å². The summed E-state index contributed by atoms with van der Waals surface area (Å²) in [4.78, 5) is 4.48. The molecule has 0 bridgehead atoms. The lowest BCUT2D eigenvalue weighted by molar-refractivity contribution is 0.414. The van der Waals surface area contributed by atoms with Crippen molar-refractivity contribution in [2.75, 3.05) is 7.11 Å². The summed E-state index contributed by atoms with van der Waals surface area (Å²) in [6.07, 6.45) is 1.87. The second kappa shape index (κ2) is 6.53. The number of nitrogens with two attached hydrogens (primary N) is 1. The van der Waals surface area contributed by atoms with E-state index in [2.05, 4.69) is 23.2 Å². The van der Waals surface area contributed by atoms with Crippen molar-refractivity contribution >= 4 is 0 Å². The van der Waals surface area contributed by atoms with E-state index < -0.39 is 0 Å². The van der Waals surface area contributed by atoms with Gasteiger partial charge in [0.15, 0.2) is 0 Å². The molecule has 1 aromatic heterocycles. The number of hydrogen-bond acceptors (Lipinski definition) is 3. The highest BCUT2D eigenvalue weighted by Gasteiger charge is 2.10. The number of nitrogens with zero attached hydrogens (tertiary/aromatic N) is 1. The van der Waals surface area contributed by atoms with Gasteiger partial charge < -0.3 is 10.5 Å². The second-order valence-electron chi connectivity index (χ2n) is 5.12. The van der Waals surface area contributed by atoms with Gasteiger partial charge in [0.2, 0.25) is 0 Å². The van der Waals surface area contributed by atoms with E-state index in [1.54, 1.807) is 7.11 Å². The van der Waals surface area contributed by atoms with Gasteiger partial charge in [-0.15, -0.1) is 0 Å². The third-order valence-electron chi connectivity index (χ3n) is 3.57. The summed E-state index contributed by atoms with van der Waals surface area (Å²) >= 11 is 0. The highest BCUT2D eigenvalue weighted by Crippen LogP contribution is 2.20. The first-order chi connectivity index (χ1) is 9.60. The summed E-state index contributed by atoms with van der Waals surface area (Å²) in [5.41, 5.74) is 10.8. The van der Waals surface area contributed by atoms with Crippen LogP contribution in [-0.2, 0) is 6.42 Å². The average molecular weight is 270 g/mol. The Morgan fingerprint density at radius 2 is 1.80 bits per heavy atom. The molecule has 3 heteroatoms. The molecular weight excluding hydrogens is 248 g/mol. The Hall–Kier alpha value is -1.87. The average Bonchev–Trinajstić information content (AvgIpc) is 2.45. The molecule has 3 nitrogen and oxygen atoms in total. The van der Waals surface area contributed by atoms with Gasteiger partial charge in [-0.3, -0.25) is 4.98 Å². The SMILES string of the molecule is COc1ccc(CCC(N)c2ccc(C)nc2C)cc1. The largest absolute Gasteiger partial charge is 0.497 e. The number of pyridine rings is 1. The van der Waals surface area contributed by atoms with Crippen LogP contribution in [0.1, 0.15) is 35.0 Å². The molecule has 1 unspecified atom stereocenters. The predicted octanol–water partition coefficient (Wildman–Crippen LogP) is 3.34. The first-order valence-corrected chi connectivity index (χ1v) is 6.93. The molecule has 0 aliphatic carbocycles. The van der Waals surface area contributed by atoms with Crippen molar-refractivity contribution in [2.24, 2.45) is 5.73 Å². The van der Waals surface area contributed by atoms with Crippen LogP contribution in [0, 0.1) is 13.8 Å². The summed E-state index contributed by atoms with van der Waals surface area (Å²) in [7, 11) is 1.68. The lowest BCUT2D eigenvalue weighted by Gasteiger charge is -2.14. The number of aryl methyl sites for hydroxylation is 3. The molecule has 0 saturated carbocycles. The fraction of sp³-hybridized carbons (Fsp3) is 0.353. The van der Waals surface area contributed by atoms with Gasteiger partial charge in [-0.1, -0.05) is 18.2 Å². The number of hydrogen-bond donors (Lipinski definition) is 1. The molecule has 1 atom stereocenters. The topological polar surface area (TPSA) is 48.1 Å². The van der Waals surface area contributed by atoms with Crippen LogP contribution >= 0.6 is 0 Å². The number of ether oxygens (including phenoxy) is 1. The van der Waals surface area contributed by atoms with Gasteiger partial charge >= 0.3 is 0 Å². The van der Waals surface area contributed by atoms with Crippen molar-refractivity contribution < 1.29 is 4.74 Å². The minimum absolute atomic E-state index is 0.0326. The van der Waals surface area contributed by atoms with Gasteiger partial charge in [0, 0.05) is 17.4 Å². The molecule has 106 valence electrons. The molecule has 0 fully saturated rings. The molecule has 0 radical (unpaired) electrons. The molecule has 0 spiro atoms. The summed E-state index contributed by atoms with van der Waals surface area (Å²) in [6, 6.07) is 12.3. The van der Waals surface area contributed by atoms with Crippen LogP contribution in [0.5, 0.6) is 5.75 Å². The first-order valence-electron chi connectivity index (χ1n) is 6.93. The van der Waals surface area contributed by atoms with E-state index in [9.17, 15) is 0 Å². The normalized spacial score (nSPS) is 12.2. The molecule has 2 rings (SSSR count). The number of methoxy groups -OCH3 is 1. The maximum absolute atomic E-state index is 6.29. The van der Waals surface area contributed by atoms with Gasteiger partial charge in [0.1, 0.15) is 5.75 Å². The van der Waals surface area contributed by atoms with Crippen LogP contribution in [0.2, 0.25) is 0 Å². The quantitative estimate of drug-likeness (QED) is 0.906. The molecular formula is C17H22N2O. The third-order valence-corrected chi connectivity index (χ3v) is 3.57. The monoisotopic (exact) mass is 270 g/mol. The summed E-state index contributed by atoms with van der Waals surface area (Å²) in [5.74, 6) is 0.886. The molecule has 20 heavy (non-hydrogen) atoms. The molecule has 0 saturated heterocycles. The maximum atomic E-state index is 6.29. The minimum atomic E-state index is 0.0326. The second-order valence-corrected chi connectivity index (χ2v) is 5.12. The van der Waals surface area contributed by atoms with Crippen molar-refractivity contribution in [3.63, 3.8) is 0 Å². The maximum Gasteiger partial charge on any atom is 0.118 e. The van der Waals surface area contributed by atoms with Gasteiger partial charge in [-0.05, 0) is 56.0 Å². The zero-order chi connectivity index (χ0) is 14.5. The minimum Gasteiger partial charge on any atom is -0.497 e. The Kier molecular flexibility index (Phi) is 4.74. The van der Waals surface area contributed by atoms with E-state index in [-0.39, 0.29) is 6.04 Å². The van der Waals surface area contributed by atoms with E-state index in [0.29, 0.717) is 0 Å². The lowest BCUT2D eigenvalue weighted by Crippen LogP contribution is -2.13. The van der Waals surface area contributed by atoms with Crippen molar-refractivity contribution in [3.05, 3.63) is 58.9 Å². The Bertz CT molecular complexity index is 564. The predicted molar refractivity (Wildman–Crippen MR) is 82.0 cm³/mol. The van der Waals surface area contributed by atoms with Crippen molar-refractivity contribution in [3.8, 4) is 5.75 Å². The van der Waals surface area contributed by atoms with Gasteiger partial charge in [0.25, 0.3) is 0 Å². The highest BCUT2D eigenvalue weighted by atomic mass is 16.5. The Balaban J connectivity index is 1.98. The van der Waals surface area contributed by atoms with E-state index in [1.807, 2.05) is 32.0 Å². The molecule has 0 aliphatic heterocycles. The highest BCUT2D eigenvalue weighted by molar-refractivity contribution is 5.28. The van der Waals surface area contributed by atoms with Gasteiger partial charge in [0.05, 0.1) is 7.11 Å². The first kappa shape index (κ1) is 14.5. The summed E-state index contributed by atoms with van der Waals surface area (Å²) < 4.78 is 5.16. The van der Waals surface area contributed by atoms with Crippen LogP contribution in [0.3, 0.4) is 0 Å². The Morgan fingerprint density at radius 1 is 1.10 bits per heavy atom. The van der Waals surface area contributed by atoms with Crippen LogP contribution in [-0.4, -0.2) is 12.1 Å². The number of rotatable bonds is 5. The fourth-order valence-corrected chi connectivity index (χ4v) is 2.36. The smallest absolute Gasteiger partial charge is 0.118 e. The van der Waals surface area contributed by atoms with Gasteiger partial charge in [-0.2, -0.15) is 0 Å². The number of aromatic nitrogens is 1. The fourth-order valence-electron chi connectivity index (χ4n) is 2.36. The Morgan fingerprint density at radius 3 is 2.40 bits per heavy atom. The molecule has 2 aromatic rings. The molecule has 1 heterocycles. The van der Waals surface area contributed by atoms with Crippen LogP contribution in [0.25, 0.3) is 0 Å². The molecule has 0 amide bonds. The zero-order valence-corrected chi connectivity index (χ0v) is 12.4. The van der Waals surface area contributed by atoms with E-state index >= 15 is 0 Å². The lowest BCUT2D eigenvalue weighted by atomic mass is 9.98. The molecule has 0 aliphatic rings. The zero-order valence-electron chi connectivity index (χ0n) is 12.4. The molecule has 1 aromatic carbocycles. The van der Waals surface area contributed by atoms with Crippen molar-refractivity contribution in [1.29, 1.82) is 0 Å². The Labute approximate surface area is 120 Å². The third kappa shape index (κ3) is 3.58. The van der Waals surface area contributed by atoms with Crippen LogP contribution in [0.15, 0.2) is 36.4 Å². The summed E-state index contributed by atoms with van der Waals surface area (Å²) in [5, 5.41) is 0. The van der Waals surface area contributed by atoms with Gasteiger partial charge in [-0.25, -0.2) is 0 Å². The molecule has 2 N–H and O–H groups in total. The van der Waals surface area contributed by atoms with E-state index in [0.717, 1.165) is 35.5 Å². The van der Waals surface area contributed by atoms with Crippen molar-refractivity contribution in [1.82, 2.24) is 4.98 Å². The summed E-state index contributed by atoms with van der Waals surface area (Å²) in [6.45, 7) is 4.02. The van der Waals surface area contributed by atoms with Crippen molar-refractivity contribution in [2.45, 2.75) is 32.7 Å². The van der Waals surface area contributed by atoms with Crippen LogP contribution < -0.4 is 10.5 Å².